The zero-order valence-electron chi connectivity index (χ0n) is 12.0. The number of methoxy groups -OCH3 is 1. The molecule has 1 aromatic rings. The van der Waals surface area contributed by atoms with E-state index < -0.39 is 0 Å². The maximum atomic E-state index is 11.9. The van der Waals surface area contributed by atoms with E-state index in [0.717, 1.165) is 19.3 Å². The molecule has 3 N–H and O–H groups in total. The van der Waals surface area contributed by atoms with Crippen molar-refractivity contribution in [1.29, 1.82) is 0 Å². The zero-order valence-corrected chi connectivity index (χ0v) is 12.8. The summed E-state index contributed by atoms with van der Waals surface area (Å²) in [5.74, 6) is 0.385. The Morgan fingerprint density at radius 1 is 1.43 bits per heavy atom. The number of nitrogens with two attached hydrogens (primary N) is 1. The van der Waals surface area contributed by atoms with Crippen LogP contribution in [0.15, 0.2) is 24.3 Å². The highest BCUT2D eigenvalue weighted by molar-refractivity contribution is 7.80. The van der Waals surface area contributed by atoms with E-state index >= 15 is 0 Å². The molecule has 1 aliphatic carbocycles. The van der Waals surface area contributed by atoms with Crippen LogP contribution in [0.4, 0.5) is 0 Å². The third kappa shape index (κ3) is 4.41. The van der Waals surface area contributed by atoms with Crippen LogP contribution in [0, 0.1) is 0 Å². The molecule has 1 fully saturated rings. The lowest BCUT2D eigenvalue weighted by atomic mass is 10.2. The Morgan fingerprint density at radius 3 is 2.86 bits per heavy atom. The number of amides is 1. The highest BCUT2D eigenvalue weighted by Crippen LogP contribution is 2.21. The number of hydrogen-bond donors (Lipinski definition) is 2. The van der Waals surface area contributed by atoms with E-state index in [-0.39, 0.29) is 29.6 Å². The maximum Gasteiger partial charge on any atom is 0.258 e. The average Bonchev–Trinajstić information content (AvgIpc) is 2.93. The van der Waals surface area contributed by atoms with Gasteiger partial charge in [-0.2, -0.15) is 0 Å². The van der Waals surface area contributed by atoms with Gasteiger partial charge in [0, 0.05) is 13.2 Å². The lowest BCUT2D eigenvalue weighted by Crippen LogP contribution is -2.36. The Bertz CT molecular complexity index is 521. The van der Waals surface area contributed by atoms with Crippen LogP contribution in [0.1, 0.15) is 24.8 Å². The van der Waals surface area contributed by atoms with Gasteiger partial charge in [0.05, 0.1) is 11.7 Å². The molecule has 21 heavy (non-hydrogen) atoms. The molecule has 0 bridgehead atoms. The van der Waals surface area contributed by atoms with Crippen LogP contribution in [0.2, 0.25) is 0 Å². The van der Waals surface area contributed by atoms with Gasteiger partial charge in [-0.15, -0.1) is 0 Å². The van der Waals surface area contributed by atoms with Crippen LogP contribution in [-0.4, -0.2) is 36.8 Å². The standard InChI is InChI=1S/C15H20N2O3S/c1-19-11-7-6-10(8-11)17-14(18)9-20-13-5-3-2-4-12(13)15(16)21/h2-5,10-11H,6-9H2,1H3,(H2,16,21)(H,17,18). The van der Waals surface area contributed by atoms with Crippen molar-refractivity contribution in [2.75, 3.05) is 13.7 Å². The number of thiocarbonyl (C=S) groups is 1. The molecule has 114 valence electrons. The third-order valence-corrected chi connectivity index (χ3v) is 3.81. The number of hydrogen-bond acceptors (Lipinski definition) is 4. The first kappa shape index (κ1) is 15.7. The van der Waals surface area contributed by atoms with E-state index in [2.05, 4.69) is 5.32 Å². The van der Waals surface area contributed by atoms with E-state index in [1.54, 1.807) is 19.2 Å². The van der Waals surface area contributed by atoms with Crippen molar-refractivity contribution in [3.63, 3.8) is 0 Å². The van der Waals surface area contributed by atoms with E-state index in [4.69, 9.17) is 27.4 Å². The molecular weight excluding hydrogens is 288 g/mol. The van der Waals surface area contributed by atoms with Gasteiger partial charge in [0.2, 0.25) is 0 Å². The van der Waals surface area contributed by atoms with Crippen LogP contribution in [0.25, 0.3) is 0 Å². The molecule has 1 saturated carbocycles. The van der Waals surface area contributed by atoms with Crippen LogP contribution >= 0.6 is 12.2 Å². The molecular formula is C15H20N2O3S. The molecule has 1 aromatic carbocycles. The summed E-state index contributed by atoms with van der Waals surface area (Å²) in [5, 5.41) is 2.95. The minimum absolute atomic E-state index is 0.0478. The fourth-order valence-electron chi connectivity index (χ4n) is 2.49. The molecule has 0 aromatic heterocycles. The molecule has 0 spiro atoms. The van der Waals surface area contributed by atoms with Gasteiger partial charge in [-0.25, -0.2) is 0 Å². The monoisotopic (exact) mass is 308 g/mol. The SMILES string of the molecule is COC1CCC(NC(=O)COc2ccccc2C(N)=S)C1. The molecule has 5 nitrogen and oxygen atoms in total. The lowest BCUT2D eigenvalue weighted by molar-refractivity contribution is -0.123. The zero-order chi connectivity index (χ0) is 15.2. The second kappa shape index (κ2) is 7.38. The minimum atomic E-state index is -0.144. The molecule has 0 saturated heterocycles. The second-order valence-electron chi connectivity index (χ2n) is 5.08. The number of carbonyl (C=O) groups is 1. The van der Waals surface area contributed by atoms with E-state index in [0.29, 0.717) is 11.3 Å². The first-order chi connectivity index (χ1) is 10.1. The van der Waals surface area contributed by atoms with Crippen LogP contribution in [0.3, 0.4) is 0 Å². The molecule has 6 heteroatoms. The largest absolute Gasteiger partial charge is 0.483 e. The minimum Gasteiger partial charge on any atom is -0.483 e. The molecule has 1 amide bonds. The van der Waals surface area contributed by atoms with Gasteiger partial charge in [0.15, 0.2) is 6.61 Å². The molecule has 2 rings (SSSR count). The summed E-state index contributed by atoms with van der Waals surface area (Å²) < 4.78 is 10.8. The summed E-state index contributed by atoms with van der Waals surface area (Å²) in [5.41, 5.74) is 6.26. The van der Waals surface area contributed by atoms with Gasteiger partial charge in [-0.1, -0.05) is 24.4 Å². The Labute approximate surface area is 129 Å². The number of benzene rings is 1. The summed E-state index contributed by atoms with van der Waals surface area (Å²) in [6.07, 6.45) is 3.01. The fourth-order valence-corrected chi connectivity index (χ4v) is 2.66. The smallest absolute Gasteiger partial charge is 0.258 e. The van der Waals surface area contributed by atoms with E-state index in [1.807, 2.05) is 12.1 Å². The Hall–Kier alpha value is -1.66. The number of carbonyl (C=O) groups excluding carboxylic acids is 1. The summed E-state index contributed by atoms with van der Waals surface area (Å²) in [6.45, 7) is -0.0478. The van der Waals surface area contributed by atoms with E-state index in [1.165, 1.54) is 0 Å². The van der Waals surface area contributed by atoms with Gasteiger partial charge in [-0.05, 0) is 31.4 Å². The van der Waals surface area contributed by atoms with Gasteiger partial charge < -0.3 is 20.5 Å². The quantitative estimate of drug-likeness (QED) is 0.777. The van der Waals surface area contributed by atoms with E-state index in [9.17, 15) is 4.79 Å². The Morgan fingerprint density at radius 2 is 2.19 bits per heavy atom. The first-order valence-electron chi connectivity index (χ1n) is 6.94. The normalized spacial score (nSPS) is 21.0. The summed E-state index contributed by atoms with van der Waals surface area (Å²) in [6, 6.07) is 7.32. The Kier molecular flexibility index (Phi) is 5.52. The van der Waals surface area contributed by atoms with Gasteiger partial charge in [0.1, 0.15) is 10.7 Å². The fraction of sp³-hybridized carbons (Fsp3) is 0.467. The molecule has 0 aliphatic heterocycles. The summed E-state index contributed by atoms with van der Waals surface area (Å²) >= 11 is 4.95. The predicted molar refractivity (Wildman–Crippen MR) is 84.4 cm³/mol. The van der Waals surface area contributed by atoms with Crippen molar-refractivity contribution < 1.29 is 14.3 Å². The van der Waals surface area contributed by atoms with Crippen molar-refractivity contribution in [2.24, 2.45) is 5.73 Å². The van der Waals surface area contributed by atoms with Crippen molar-refractivity contribution in [2.45, 2.75) is 31.4 Å². The second-order valence-corrected chi connectivity index (χ2v) is 5.52. The highest BCUT2D eigenvalue weighted by atomic mass is 32.1. The number of nitrogens with one attached hydrogen (secondary N) is 1. The van der Waals surface area contributed by atoms with Gasteiger partial charge in [0.25, 0.3) is 5.91 Å². The topological polar surface area (TPSA) is 73.6 Å². The Balaban J connectivity index is 1.83. The highest BCUT2D eigenvalue weighted by Gasteiger charge is 2.25. The van der Waals surface area contributed by atoms with Crippen molar-refractivity contribution in [1.82, 2.24) is 5.32 Å². The summed E-state index contributed by atoms with van der Waals surface area (Å²) in [7, 11) is 1.70. The van der Waals surface area contributed by atoms with Crippen LogP contribution < -0.4 is 15.8 Å². The van der Waals surface area contributed by atoms with Crippen molar-refractivity contribution in [3.05, 3.63) is 29.8 Å². The molecule has 1 aliphatic rings. The number of ether oxygens (including phenoxy) is 2. The molecule has 2 unspecified atom stereocenters. The molecule has 0 heterocycles. The molecule has 2 atom stereocenters. The van der Waals surface area contributed by atoms with Gasteiger partial charge >= 0.3 is 0 Å². The van der Waals surface area contributed by atoms with Crippen molar-refractivity contribution in [3.8, 4) is 5.75 Å². The maximum absolute atomic E-state index is 11.9. The third-order valence-electron chi connectivity index (χ3n) is 3.59. The number of rotatable bonds is 6. The predicted octanol–water partition coefficient (Wildman–Crippen LogP) is 1.38. The first-order valence-corrected chi connectivity index (χ1v) is 7.34. The number of para-hydroxylation sites is 1. The van der Waals surface area contributed by atoms with Crippen LogP contribution in [0.5, 0.6) is 5.75 Å². The average molecular weight is 308 g/mol. The molecule has 0 radical (unpaired) electrons. The summed E-state index contributed by atoms with van der Waals surface area (Å²) in [4.78, 5) is 12.2. The van der Waals surface area contributed by atoms with Crippen LogP contribution in [-0.2, 0) is 9.53 Å². The van der Waals surface area contributed by atoms with Crippen molar-refractivity contribution >= 4 is 23.1 Å². The van der Waals surface area contributed by atoms with Gasteiger partial charge in [-0.3, -0.25) is 4.79 Å². The lowest BCUT2D eigenvalue weighted by Gasteiger charge is -2.14.